The second-order valence-corrected chi connectivity index (χ2v) is 4.41. The van der Waals surface area contributed by atoms with Crippen molar-refractivity contribution in [2.75, 3.05) is 0 Å². The maximum atomic E-state index is 11.1. The zero-order chi connectivity index (χ0) is 11.6. The third-order valence-electron chi connectivity index (χ3n) is 1.69. The van der Waals surface area contributed by atoms with Gasteiger partial charge in [0.25, 0.3) is 0 Å². The van der Waals surface area contributed by atoms with E-state index in [0.29, 0.717) is 11.4 Å². The van der Waals surface area contributed by atoms with E-state index in [1.54, 1.807) is 6.92 Å². The van der Waals surface area contributed by atoms with E-state index in [1.807, 2.05) is 0 Å². The molecule has 0 fully saturated rings. The van der Waals surface area contributed by atoms with Gasteiger partial charge < -0.3 is 10.8 Å². The molecule has 0 saturated heterocycles. The van der Waals surface area contributed by atoms with Gasteiger partial charge in [-0.25, -0.2) is 9.78 Å². The molecule has 1 aromatic heterocycles. The molecular formula is C9H12N2O3S. The van der Waals surface area contributed by atoms with Crippen molar-refractivity contribution in [3.63, 3.8) is 0 Å². The van der Waals surface area contributed by atoms with Gasteiger partial charge in [0.05, 0.1) is 5.01 Å². The van der Waals surface area contributed by atoms with E-state index in [2.05, 4.69) is 4.98 Å². The van der Waals surface area contributed by atoms with Gasteiger partial charge in [-0.15, -0.1) is 11.3 Å². The Labute approximate surface area is 90.9 Å². The molecule has 1 rings (SSSR count). The number of hydrogen-bond donors (Lipinski definition) is 2. The highest BCUT2D eigenvalue weighted by Crippen LogP contribution is 2.20. The molecule has 5 nitrogen and oxygen atoms in total. The van der Waals surface area contributed by atoms with Crippen LogP contribution in [0.3, 0.4) is 0 Å². The molecule has 0 aromatic carbocycles. The van der Waals surface area contributed by atoms with Gasteiger partial charge in [-0.05, 0) is 6.92 Å². The molecular weight excluding hydrogens is 216 g/mol. The number of carboxylic acids is 1. The molecule has 0 aliphatic rings. The maximum Gasteiger partial charge on any atom is 0.356 e. The number of Topliss-reactive ketones (excluding diaryl/α,β-unsaturated/α-hetero) is 1. The van der Waals surface area contributed by atoms with Crippen LogP contribution in [-0.2, 0) is 6.42 Å². The summed E-state index contributed by atoms with van der Waals surface area (Å²) in [5.74, 6) is -1.45. The number of nitrogens with zero attached hydrogens (tertiary/aromatic N) is 1. The number of aromatic carboxylic acids is 1. The predicted molar refractivity (Wildman–Crippen MR) is 56.4 cm³/mol. The normalized spacial score (nSPS) is 12.5. The third-order valence-corrected chi connectivity index (χ3v) is 2.87. The summed E-state index contributed by atoms with van der Waals surface area (Å²) in [4.78, 5) is 26.0. The molecule has 15 heavy (non-hydrogen) atoms. The molecule has 82 valence electrons. The van der Waals surface area contributed by atoms with Gasteiger partial charge in [-0.2, -0.15) is 0 Å². The lowest BCUT2D eigenvalue weighted by Gasteiger charge is -1.98. The summed E-state index contributed by atoms with van der Waals surface area (Å²) < 4.78 is 0. The van der Waals surface area contributed by atoms with Crippen LogP contribution in [-0.4, -0.2) is 27.9 Å². The van der Waals surface area contributed by atoms with Crippen molar-refractivity contribution >= 4 is 23.1 Å². The first kappa shape index (κ1) is 11.8. The van der Waals surface area contributed by atoms with Crippen LogP contribution in [0.4, 0.5) is 0 Å². The lowest BCUT2D eigenvalue weighted by Crippen LogP contribution is -2.17. The maximum absolute atomic E-state index is 11.1. The highest BCUT2D eigenvalue weighted by molar-refractivity contribution is 7.14. The summed E-state index contributed by atoms with van der Waals surface area (Å²) in [5, 5.41) is 9.41. The number of ketones is 1. The summed E-state index contributed by atoms with van der Waals surface area (Å²) >= 11 is 1.10. The minimum absolute atomic E-state index is 0.0994. The summed E-state index contributed by atoms with van der Waals surface area (Å²) in [7, 11) is 0. The molecule has 3 N–H and O–H groups in total. The Morgan fingerprint density at radius 1 is 1.60 bits per heavy atom. The Morgan fingerprint density at radius 2 is 2.20 bits per heavy atom. The summed E-state index contributed by atoms with van der Waals surface area (Å²) in [5.41, 5.74) is 5.41. The van der Waals surface area contributed by atoms with E-state index in [0.717, 1.165) is 11.3 Å². The van der Waals surface area contributed by atoms with Gasteiger partial charge in [-0.1, -0.05) is 0 Å². The minimum atomic E-state index is -1.17. The van der Waals surface area contributed by atoms with E-state index in [-0.39, 0.29) is 22.4 Å². The number of thiazole rings is 1. The lowest BCUT2D eigenvalue weighted by atomic mass is 10.2. The fraction of sp³-hybridized carbons (Fsp3) is 0.444. The Hall–Kier alpha value is -1.27. The molecule has 0 spiro atoms. The Morgan fingerprint density at radius 3 is 2.53 bits per heavy atom. The number of carboxylic acid groups (broad SMARTS) is 1. The zero-order valence-electron chi connectivity index (χ0n) is 8.48. The highest BCUT2D eigenvalue weighted by Gasteiger charge is 2.20. The Bertz CT molecular complexity index is 367. The van der Waals surface area contributed by atoms with Crippen LogP contribution >= 0.6 is 11.3 Å². The first-order valence-corrected chi connectivity index (χ1v) is 5.23. The van der Waals surface area contributed by atoms with Crippen molar-refractivity contribution in [2.24, 2.45) is 5.73 Å². The minimum Gasteiger partial charge on any atom is -0.476 e. The third kappa shape index (κ3) is 2.84. The summed E-state index contributed by atoms with van der Waals surface area (Å²) in [6.45, 7) is 3.13. The largest absolute Gasteiger partial charge is 0.476 e. The number of aromatic nitrogens is 1. The number of hydrogen-bond acceptors (Lipinski definition) is 5. The molecule has 0 amide bonds. The number of carbonyl (C=O) groups is 2. The lowest BCUT2D eigenvalue weighted by molar-refractivity contribution is 0.0686. The molecule has 0 bridgehead atoms. The van der Waals surface area contributed by atoms with E-state index in [4.69, 9.17) is 10.8 Å². The molecule has 1 heterocycles. The van der Waals surface area contributed by atoms with Crippen LogP contribution in [0.25, 0.3) is 0 Å². The molecule has 1 aromatic rings. The standard InChI is InChI=1S/C9H12N2O3S/c1-4(10)3-6-11-7(9(13)14)8(15-6)5(2)12/h4H,3,10H2,1-2H3,(H,13,14). The molecule has 6 heteroatoms. The molecule has 0 saturated carbocycles. The van der Waals surface area contributed by atoms with Crippen LogP contribution in [0, 0.1) is 0 Å². The second kappa shape index (κ2) is 4.50. The van der Waals surface area contributed by atoms with Gasteiger partial charge in [-0.3, -0.25) is 4.79 Å². The summed E-state index contributed by atoms with van der Waals surface area (Å²) in [6.07, 6.45) is 0.484. The van der Waals surface area contributed by atoms with Crippen molar-refractivity contribution in [2.45, 2.75) is 26.3 Å². The van der Waals surface area contributed by atoms with Crippen molar-refractivity contribution in [1.29, 1.82) is 0 Å². The highest BCUT2D eigenvalue weighted by atomic mass is 32.1. The molecule has 0 aliphatic heterocycles. The van der Waals surface area contributed by atoms with Crippen molar-refractivity contribution < 1.29 is 14.7 Å². The van der Waals surface area contributed by atoms with Gasteiger partial charge >= 0.3 is 5.97 Å². The SMILES string of the molecule is CC(=O)c1sc(CC(C)N)nc1C(=O)O. The van der Waals surface area contributed by atoms with Gasteiger partial charge in [0.2, 0.25) is 0 Å². The Kier molecular flexibility index (Phi) is 3.54. The number of rotatable bonds is 4. The molecule has 1 unspecified atom stereocenters. The molecule has 0 radical (unpaired) electrons. The van der Waals surface area contributed by atoms with Crippen LogP contribution in [0.5, 0.6) is 0 Å². The number of carbonyl (C=O) groups excluding carboxylic acids is 1. The van der Waals surface area contributed by atoms with Crippen molar-refractivity contribution in [3.05, 3.63) is 15.6 Å². The van der Waals surface area contributed by atoms with E-state index < -0.39 is 5.97 Å². The fourth-order valence-corrected chi connectivity index (χ4v) is 2.20. The van der Waals surface area contributed by atoms with Gasteiger partial charge in [0.15, 0.2) is 11.5 Å². The first-order valence-electron chi connectivity index (χ1n) is 4.41. The topological polar surface area (TPSA) is 93.3 Å². The van der Waals surface area contributed by atoms with Gasteiger partial charge in [0.1, 0.15) is 4.88 Å². The first-order chi connectivity index (χ1) is 6.91. The van der Waals surface area contributed by atoms with Crippen LogP contribution in [0.15, 0.2) is 0 Å². The van der Waals surface area contributed by atoms with E-state index >= 15 is 0 Å². The molecule has 1 atom stereocenters. The van der Waals surface area contributed by atoms with Gasteiger partial charge in [0, 0.05) is 19.4 Å². The zero-order valence-corrected chi connectivity index (χ0v) is 9.30. The Balaban J connectivity index is 3.09. The van der Waals surface area contributed by atoms with Crippen LogP contribution in [0.1, 0.15) is 39.0 Å². The van der Waals surface area contributed by atoms with Crippen LogP contribution < -0.4 is 5.73 Å². The molecule has 0 aliphatic carbocycles. The average Bonchev–Trinajstić information content (AvgIpc) is 2.46. The van der Waals surface area contributed by atoms with Crippen LogP contribution in [0.2, 0.25) is 0 Å². The van der Waals surface area contributed by atoms with E-state index in [1.165, 1.54) is 6.92 Å². The predicted octanol–water partition coefficient (Wildman–Crippen LogP) is 0.934. The van der Waals surface area contributed by atoms with Crippen molar-refractivity contribution in [1.82, 2.24) is 4.98 Å². The average molecular weight is 228 g/mol. The quantitative estimate of drug-likeness (QED) is 0.748. The smallest absolute Gasteiger partial charge is 0.356 e. The monoisotopic (exact) mass is 228 g/mol. The second-order valence-electron chi connectivity index (χ2n) is 3.33. The van der Waals surface area contributed by atoms with Crippen molar-refractivity contribution in [3.8, 4) is 0 Å². The number of nitrogens with two attached hydrogens (primary N) is 1. The summed E-state index contributed by atoms with van der Waals surface area (Å²) in [6, 6.07) is -0.0994. The fourth-order valence-electron chi connectivity index (χ4n) is 1.11. The van der Waals surface area contributed by atoms with E-state index in [9.17, 15) is 9.59 Å².